The van der Waals surface area contributed by atoms with Gasteiger partial charge in [0.25, 0.3) is 0 Å². The van der Waals surface area contributed by atoms with Crippen LogP contribution in [0.5, 0.6) is 5.75 Å². The van der Waals surface area contributed by atoms with E-state index in [1.807, 2.05) is 31.2 Å². The quantitative estimate of drug-likeness (QED) is 0.210. The zero-order valence-electron chi connectivity index (χ0n) is 20.9. The number of rotatable bonds is 9. The number of carboxylic acids is 1. The second-order valence-corrected chi connectivity index (χ2v) is 11.2. The number of benzene rings is 3. The van der Waals surface area contributed by atoms with Gasteiger partial charge in [-0.25, -0.2) is 9.48 Å². The zero-order valence-corrected chi connectivity index (χ0v) is 23.2. The van der Waals surface area contributed by atoms with Gasteiger partial charge in [0.2, 0.25) is 0 Å². The fourth-order valence-electron chi connectivity index (χ4n) is 4.08. The molecule has 37 heavy (non-hydrogen) atoms. The molecule has 4 aromatic rings. The van der Waals surface area contributed by atoms with Gasteiger partial charge in [0.15, 0.2) is 0 Å². The van der Waals surface area contributed by atoms with E-state index in [9.17, 15) is 9.90 Å². The van der Waals surface area contributed by atoms with Crippen LogP contribution in [0.25, 0.3) is 5.69 Å². The predicted octanol–water partition coefficient (Wildman–Crippen LogP) is 8.14. The molecule has 1 aromatic heterocycles. The summed E-state index contributed by atoms with van der Waals surface area (Å²) in [6, 6.07) is 18.3. The number of hydrogen-bond acceptors (Lipinski definition) is 5. The molecule has 0 radical (unpaired) electrons. The first-order chi connectivity index (χ1) is 17.7. The van der Waals surface area contributed by atoms with Crippen molar-refractivity contribution in [1.29, 1.82) is 0 Å². The van der Waals surface area contributed by atoms with Crippen molar-refractivity contribution in [3.05, 3.63) is 98.8 Å². The summed E-state index contributed by atoms with van der Waals surface area (Å²) in [5.41, 5.74) is 4.69. The van der Waals surface area contributed by atoms with Crippen LogP contribution in [0.15, 0.2) is 65.6 Å². The third-order valence-electron chi connectivity index (χ3n) is 5.94. The van der Waals surface area contributed by atoms with Crippen molar-refractivity contribution in [2.24, 2.45) is 0 Å². The third-order valence-corrected chi connectivity index (χ3v) is 7.68. The minimum atomic E-state index is -0.929. The van der Waals surface area contributed by atoms with Gasteiger partial charge in [-0.15, -0.1) is 16.9 Å². The molecule has 0 aliphatic carbocycles. The van der Waals surface area contributed by atoms with Crippen LogP contribution in [-0.4, -0.2) is 26.1 Å². The highest BCUT2D eigenvalue weighted by Gasteiger charge is 2.21. The van der Waals surface area contributed by atoms with Crippen molar-refractivity contribution < 1.29 is 14.6 Å². The molecule has 4 rings (SSSR count). The van der Waals surface area contributed by atoms with Crippen molar-refractivity contribution >= 4 is 40.9 Å². The summed E-state index contributed by atoms with van der Waals surface area (Å²) in [5.74, 6) is -0.0731. The average Bonchev–Trinajstić information content (AvgIpc) is 3.26. The Labute approximate surface area is 230 Å². The smallest absolute Gasteiger partial charge is 0.335 e. The maximum Gasteiger partial charge on any atom is 0.335 e. The van der Waals surface area contributed by atoms with Crippen LogP contribution in [0.2, 0.25) is 10.0 Å². The van der Waals surface area contributed by atoms with Gasteiger partial charge in [-0.05, 0) is 73.4 Å². The fourth-order valence-corrected chi connectivity index (χ4v) is 5.79. The van der Waals surface area contributed by atoms with E-state index >= 15 is 0 Å². The van der Waals surface area contributed by atoms with Crippen molar-refractivity contribution in [2.75, 3.05) is 0 Å². The number of halogens is 2. The summed E-state index contributed by atoms with van der Waals surface area (Å²) in [7, 11) is 0. The number of ether oxygens (including phenoxy) is 1. The Kier molecular flexibility index (Phi) is 8.47. The summed E-state index contributed by atoms with van der Waals surface area (Å²) in [6.45, 7) is 8.49. The molecule has 1 heterocycles. The summed E-state index contributed by atoms with van der Waals surface area (Å²) in [6.07, 6.45) is 0. The lowest BCUT2D eigenvalue weighted by molar-refractivity contribution is 0.0696. The largest absolute Gasteiger partial charge is 0.487 e. The van der Waals surface area contributed by atoms with Crippen LogP contribution < -0.4 is 4.74 Å². The van der Waals surface area contributed by atoms with Gasteiger partial charge in [0.05, 0.1) is 21.3 Å². The normalized spacial score (nSPS) is 12.1. The third kappa shape index (κ3) is 6.12. The Bertz CT molecular complexity index is 1420. The number of carbonyl (C=O) groups is 1. The predicted molar refractivity (Wildman–Crippen MR) is 149 cm³/mol. The standard InChI is InChI=1S/C28H27Cl2N3O3S/c1-16(2)26-25(33(32-31-26)27-23(29)9-6-10-24(27)30)15-36-20-11-12-22(17(3)13-20)18(4)37-21-8-5-7-19(14-21)28(34)35/h5-14,16,18H,15H2,1-4H3,(H,34,35). The molecule has 0 aliphatic heterocycles. The number of nitrogens with zero attached hydrogens (tertiary/aromatic N) is 3. The molecule has 1 unspecified atom stereocenters. The van der Waals surface area contributed by atoms with Crippen molar-refractivity contribution in [1.82, 2.24) is 15.0 Å². The van der Waals surface area contributed by atoms with E-state index < -0.39 is 5.97 Å². The number of aromatic carboxylic acids is 1. The Morgan fingerprint density at radius 3 is 2.41 bits per heavy atom. The molecule has 0 amide bonds. The molecule has 0 spiro atoms. The summed E-state index contributed by atoms with van der Waals surface area (Å²) in [4.78, 5) is 12.2. The Morgan fingerprint density at radius 2 is 1.76 bits per heavy atom. The van der Waals surface area contributed by atoms with Gasteiger partial charge in [0, 0.05) is 10.1 Å². The lowest BCUT2D eigenvalue weighted by Gasteiger charge is -2.17. The molecule has 192 valence electrons. The van der Waals surface area contributed by atoms with Gasteiger partial charge in [-0.2, -0.15) is 0 Å². The SMILES string of the molecule is Cc1cc(OCc2c(C(C)C)nnn2-c2c(Cl)cccc2Cl)ccc1C(C)Sc1cccc(C(=O)O)c1. The molecule has 6 nitrogen and oxygen atoms in total. The highest BCUT2D eigenvalue weighted by molar-refractivity contribution is 7.99. The van der Waals surface area contributed by atoms with Gasteiger partial charge in [-0.1, -0.05) is 60.5 Å². The maximum atomic E-state index is 11.3. The van der Waals surface area contributed by atoms with Gasteiger partial charge < -0.3 is 9.84 Å². The Hall–Kier alpha value is -3.00. The minimum Gasteiger partial charge on any atom is -0.487 e. The molecule has 0 aliphatic rings. The summed E-state index contributed by atoms with van der Waals surface area (Å²) < 4.78 is 7.86. The van der Waals surface area contributed by atoms with Gasteiger partial charge in [0.1, 0.15) is 23.7 Å². The van der Waals surface area contributed by atoms with Crippen LogP contribution in [0, 0.1) is 6.92 Å². The van der Waals surface area contributed by atoms with Crippen LogP contribution in [0.3, 0.4) is 0 Å². The molecule has 0 bridgehead atoms. The molecule has 0 fully saturated rings. The van der Waals surface area contributed by atoms with Crippen molar-refractivity contribution in [2.45, 2.75) is 50.4 Å². The van der Waals surface area contributed by atoms with E-state index in [0.29, 0.717) is 15.7 Å². The van der Waals surface area contributed by atoms with E-state index in [1.165, 1.54) is 0 Å². The number of hydrogen-bond donors (Lipinski definition) is 1. The number of thioether (sulfide) groups is 1. The van der Waals surface area contributed by atoms with Gasteiger partial charge >= 0.3 is 5.97 Å². The molecule has 1 N–H and O–H groups in total. The van der Waals surface area contributed by atoms with Crippen LogP contribution in [-0.2, 0) is 6.61 Å². The second-order valence-electron chi connectivity index (χ2n) is 8.96. The van der Waals surface area contributed by atoms with Crippen LogP contribution >= 0.6 is 35.0 Å². The lowest BCUT2D eigenvalue weighted by atomic mass is 10.1. The molecule has 9 heteroatoms. The highest BCUT2D eigenvalue weighted by atomic mass is 35.5. The van der Waals surface area contributed by atoms with E-state index in [-0.39, 0.29) is 23.3 Å². The fraction of sp³-hybridized carbons (Fsp3) is 0.250. The monoisotopic (exact) mass is 555 g/mol. The molecular formula is C28H27Cl2N3O3S. The van der Waals surface area contributed by atoms with Crippen molar-refractivity contribution in [3.8, 4) is 11.4 Å². The number of carboxylic acid groups (broad SMARTS) is 1. The molecule has 0 saturated heterocycles. The molecule has 3 aromatic carbocycles. The number of aromatic nitrogens is 3. The number of para-hydroxylation sites is 1. The van der Waals surface area contributed by atoms with E-state index in [0.717, 1.165) is 33.2 Å². The summed E-state index contributed by atoms with van der Waals surface area (Å²) in [5, 5.41) is 19.1. The van der Waals surface area contributed by atoms with E-state index in [1.54, 1.807) is 52.8 Å². The average molecular weight is 557 g/mol. The zero-order chi connectivity index (χ0) is 26.7. The first-order valence-electron chi connectivity index (χ1n) is 11.8. The summed E-state index contributed by atoms with van der Waals surface area (Å²) >= 11 is 14.5. The van der Waals surface area contributed by atoms with E-state index in [2.05, 4.69) is 31.1 Å². The maximum absolute atomic E-state index is 11.3. The Morgan fingerprint density at radius 1 is 1.05 bits per heavy atom. The van der Waals surface area contributed by atoms with Crippen LogP contribution in [0.1, 0.15) is 64.8 Å². The van der Waals surface area contributed by atoms with Gasteiger partial charge in [-0.3, -0.25) is 0 Å². The second kappa shape index (κ2) is 11.6. The van der Waals surface area contributed by atoms with Crippen molar-refractivity contribution in [3.63, 3.8) is 0 Å². The Balaban J connectivity index is 1.54. The van der Waals surface area contributed by atoms with Crippen LogP contribution in [0.4, 0.5) is 0 Å². The topological polar surface area (TPSA) is 77.2 Å². The first kappa shape index (κ1) is 27.0. The van der Waals surface area contributed by atoms with E-state index in [4.69, 9.17) is 27.9 Å². The molecule has 1 atom stereocenters. The number of aryl methyl sites for hydroxylation is 1. The molecular weight excluding hydrogens is 529 g/mol. The molecule has 0 saturated carbocycles. The highest BCUT2D eigenvalue weighted by Crippen LogP contribution is 2.38. The first-order valence-corrected chi connectivity index (χ1v) is 13.4. The lowest BCUT2D eigenvalue weighted by Crippen LogP contribution is -2.09. The minimum absolute atomic E-state index is 0.124.